The Kier molecular flexibility index (Phi) is 6.50. The smallest absolute Gasteiger partial charge is 0.293 e. The van der Waals surface area contributed by atoms with E-state index in [0.29, 0.717) is 35.0 Å². The topological polar surface area (TPSA) is 86.9 Å². The van der Waals surface area contributed by atoms with Crippen LogP contribution in [0.15, 0.2) is 38.9 Å². The van der Waals surface area contributed by atoms with E-state index >= 15 is 0 Å². The second-order valence-electron chi connectivity index (χ2n) is 7.26. The molecule has 0 aliphatic heterocycles. The zero-order chi connectivity index (χ0) is 22.0. The summed E-state index contributed by atoms with van der Waals surface area (Å²) in [6.45, 7) is 6.19. The fourth-order valence-electron chi connectivity index (χ4n) is 2.99. The first-order valence-corrected chi connectivity index (χ1v) is 10.7. The van der Waals surface area contributed by atoms with Crippen LogP contribution in [0.25, 0.3) is 11.0 Å². The van der Waals surface area contributed by atoms with Gasteiger partial charge in [-0.1, -0.05) is 32.5 Å². The molecule has 158 valence electrons. The highest BCUT2D eigenvalue weighted by atomic mass is 32.2. The monoisotopic (exact) mass is 430 g/mol. The van der Waals surface area contributed by atoms with Crippen LogP contribution in [0, 0.1) is 5.82 Å². The van der Waals surface area contributed by atoms with Gasteiger partial charge in [0.1, 0.15) is 22.1 Å². The number of hydrogen-bond acceptors (Lipinski definition) is 6. The summed E-state index contributed by atoms with van der Waals surface area (Å²) in [7, 11) is 1.42. The molecule has 0 aliphatic carbocycles. The quantitative estimate of drug-likeness (QED) is 0.325. The lowest BCUT2D eigenvalue weighted by molar-refractivity contribution is 0.102. The molecule has 30 heavy (non-hydrogen) atoms. The SMILES string of the molecule is CCCn1c(=O)n(C)c(=O)c2c(SCC(=O)c3ccc(F)cc3)nc(C(C)C)nc21. The van der Waals surface area contributed by atoms with Gasteiger partial charge in [-0.3, -0.25) is 18.7 Å². The molecular formula is C21H23FN4O3S. The van der Waals surface area contributed by atoms with E-state index in [0.717, 1.165) is 16.3 Å². The average molecular weight is 431 g/mol. The molecule has 0 aliphatic rings. The number of carbonyl (C=O) groups excluding carboxylic acids is 1. The first kappa shape index (κ1) is 21.9. The minimum Gasteiger partial charge on any atom is -0.293 e. The number of ketones is 1. The maximum Gasteiger partial charge on any atom is 0.332 e. The van der Waals surface area contributed by atoms with Gasteiger partial charge in [-0.15, -0.1) is 0 Å². The molecule has 9 heteroatoms. The molecule has 0 atom stereocenters. The first-order valence-electron chi connectivity index (χ1n) is 9.67. The van der Waals surface area contributed by atoms with Crippen LogP contribution in [0.4, 0.5) is 4.39 Å². The Bertz CT molecular complexity index is 1220. The predicted molar refractivity (Wildman–Crippen MR) is 115 cm³/mol. The van der Waals surface area contributed by atoms with Crippen molar-refractivity contribution in [3.05, 3.63) is 62.3 Å². The van der Waals surface area contributed by atoms with Crippen molar-refractivity contribution in [1.82, 2.24) is 19.1 Å². The maximum atomic E-state index is 13.1. The molecule has 3 aromatic rings. The second kappa shape index (κ2) is 8.91. The van der Waals surface area contributed by atoms with Crippen LogP contribution in [-0.4, -0.2) is 30.6 Å². The molecule has 7 nitrogen and oxygen atoms in total. The number of thioether (sulfide) groups is 1. The summed E-state index contributed by atoms with van der Waals surface area (Å²) in [5.74, 6) is -0.144. The molecule has 0 N–H and O–H groups in total. The van der Waals surface area contributed by atoms with Gasteiger partial charge in [-0.25, -0.2) is 19.2 Å². The first-order chi connectivity index (χ1) is 14.2. The molecule has 0 saturated carbocycles. The Morgan fingerprint density at radius 3 is 2.43 bits per heavy atom. The standard InChI is InChI=1S/C21H23FN4O3S/c1-5-10-26-18-16(20(28)25(4)21(26)29)19(24-17(23-18)12(2)3)30-11-15(27)13-6-8-14(22)9-7-13/h6-9,12H,5,10-11H2,1-4H3. The Morgan fingerprint density at radius 1 is 1.17 bits per heavy atom. The largest absolute Gasteiger partial charge is 0.332 e. The summed E-state index contributed by atoms with van der Waals surface area (Å²) in [5, 5.41) is 0.594. The van der Waals surface area contributed by atoms with E-state index in [1.807, 2.05) is 20.8 Å². The lowest BCUT2D eigenvalue weighted by Gasteiger charge is -2.15. The van der Waals surface area contributed by atoms with Crippen LogP contribution in [0.1, 0.15) is 49.3 Å². The summed E-state index contributed by atoms with van der Waals surface area (Å²) >= 11 is 1.12. The summed E-state index contributed by atoms with van der Waals surface area (Å²) in [5.41, 5.74) is -0.252. The second-order valence-corrected chi connectivity index (χ2v) is 8.22. The predicted octanol–water partition coefficient (Wildman–Crippen LogP) is 3.14. The molecule has 1 aromatic carbocycles. The Balaban J connectivity index is 2.12. The van der Waals surface area contributed by atoms with Crippen LogP contribution < -0.4 is 11.2 Å². The number of aromatic nitrogens is 4. The van der Waals surface area contributed by atoms with E-state index in [1.54, 1.807) is 0 Å². The summed E-state index contributed by atoms with van der Waals surface area (Å²) in [6, 6.07) is 5.31. The van der Waals surface area contributed by atoms with E-state index in [9.17, 15) is 18.8 Å². The zero-order valence-electron chi connectivity index (χ0n) is 17.3. The van der Waals surface area contributed by atoms with Gasteiger partial charge >= 0.3 is 5.69 Å². The number of carbonyl (C=O) groups is 1. The fraction of sp³-hybridized carbons (Fsp3) is 0.381. The number of nitrogens with zero attached hydrogens (tertiary/aromatic N) is 4. The summed E-state index contributed by atoms with van der Waals surface area (Å²) in [6.07, 6.45) is 0.694. The zero-order valence-corrected chi connectivity index (χ0v) is 18.1. The molecular weight excluding hydrogens is 407 g/mol. The number of benzene rings is 1. The van der Waals surface area contributed by atoms with Crippen LogP contribution in [0.3, 0.4) is 0 Å². The number of aryl methyl sites for hydroxylation is 1. The third-order valence-corrected chi connectivity index (χ3v) is 5.61. The molecule has 0 amide bonds. The highest BCUT2D eigenvalue weighted by Gasteiger charge is 2.20. The molecule has 0 fully saturated rings. The molecule has 3 rings (SSSR count). The van der Waals surface area contributed by atoms with Crippen molar-refractivity contribution in [3.63, 3.8) is 0 Å². The average Bonchev–Trinajstić information content (AvgIpc) is 2.73. The van der Waals surface area contributed by atoms with Crippen LogP contribution in [-0.2, 0) is 13.6 Å². The number of rotatable bonds is 7. The third-order valence-electron chi connectivity index (χ3n) is 4.64. The van der Waals surface area contributed by atoms with Gasteiger partial charge in [0.2, 0.25) is 0 Å². The van der Waals surface area contributed by atoms with Crippen molar-refractivity contribution in [3.8, 4) is 0 Å². The summed E-state index contributed by atoms with van der Waals surface area (Å²) < 4.78 is 15.6. The molecule has 0 radical (unpaired) electrons. The van der Waals surface area contributed by atoms with E-state index in [1.165, 1.54) is 35.9 Å². The van der Waals surface area contributed by atoms with E-state index in [4.69, 9.17) is 0 Å². The maximum absolute atomic E-state index is 13.1. The fourth-order valence-corrected chi connectivity index (χ4v) is 3.91. The van der Waals surface area contributed by atoms with Gasteiger partial charge in [0.05, 0.1) is 5.75 Å². The van der Waals surface area contributed by atoms with Crippen LogP contribution in [0.2, 0.25) is 0 Å². The minimum absolute atomic E-state index is 0.0192. The number of halogens is 1. The van der Waals surface area contributed by atoms with Crippen molar-refractivity contribution >= 4 is 28.6 Å². The van der Waals surface area contributed by atoms with Crippen LogP contribution >= 0.6 is 11.8 Å². The molecule has 0 bridgehead atoms. The molecule has 0 unspecified atom stereocenters. The number of hydrogen-bond donors (Lipinski definition) is 0. The van der Waals surface area contributed by atoms with Crippen molar-refractivity contribution in [2.24, 2.45) is 7.05 Å². The van der Waals surface area contributed by atoms with E-state index in [2.05, 4.69) is 9.97 Å². The van der Waals surface area contributed by atoms with Crippen molar-refractivity contribution in [2.75, 3.05) is 5.75 Å². The van der Waals surface area contributed by atoms with Crippen molar-refractivity contribution in [2.45, 2.75) is 44.7 Å². The number of fused-ring (bicyclic) bond motifs is 1. The van der Waals surface area contributed by atoms with Crippen molar-refractivity contribution in [1.29, 1.82) is 0 Å². The molecule has 0 saturated heterocycles. The third kappa shape index (κ3) is 4.21. The molecule has 2 aromatic heterocycles. The van der Waals surface area contributed by atoms with Gasteiger partial charge < -0.3 is 0 Å². The van der Waals surface area contributed by atoms with Crippen LogP contribution in [0.5, 0.6) is 0 Å². The highest BCUT2D eigenvalue weighted by molar-refractivity contribution is 8.00. The van der Waals surface area contributed by atoms with Gasteiger partial charge in [-0.05, 0) is 30.7 Å². The minimum atomic E-state index is -0.491. The lowest BCUT2D eigenvalue weighted by atomic mass is 10.1. The molecule has 2 heterocycles. The normalized spacial score (nSPS) is 11.4. The Labute approximate surface area is 177 Å². The Hall–Kier alpha value is -2.81. The summed E-state index contributed by atoms with van der Waals surface area (Å²) in [4.78, 5) is 47.1. The van der Waals surface area contributed by atoms with Gasteiger partial charge in [0.25, 0.3) is 5.56 Å². The Morgan fingerprint density at radius 2 is 1.83 bits per heavy atom. The molecule has 0 spiro atoms. The van der Waals surface area contributed by atoms with E-state index < -0.39 is 17.1 Å². The lowest BCUT2D eigenvalue weighted by Crippen LogP contribution is -2.39. The van der Waals surface area contributed by atoms with Gasteiger partial charge in [0.15, 0.2) is 11.4 Å². The van der Waals surface area contributed by atoms with E-state index in [-0.39, 0.29) is 22.8 Å². The van der Waals surface area contributed by atoms with Gasteiger partial charge in [0, 0.05) is 25.1 Å². The number of Topliss-reactive ketones (excluding diaryl/α,β-unsaturated/α-hetero) is 1. The van der Waals surface area contributed by atoms with Gasteiger partial charge in [-0.2, -0.15) is 0 Å². The van der Waals surface area contributed by atoms with Crippen molar-refractivity contribution < 1.29 is 9.18 Å². The highest BCUT2D eigenvalue weighted by Crippen LogP contribution is 2.25.